The van der Waals surface area contributed by atoms with Crippen LogP contribution in [0.5, 0.6) is 0 Å². The van der Waals surface area contributed by atoms with Crippen LogP contribution < -0.4 is 10.6 Å². The minimum atomic E-state index is 0.721. The van der Waals surface area contributed by atoms with Crippen LogP contribution in [0.2, 0.25) is 0 Å². The van der Waals surface area contributed by atoms with Gasteiger partial charge in [0.15, 0.2) is 5.96 Å². The standard InChI is InChI=1S/C17H27N3/c1-3-5-11-19-17(18-4-2)20-13-15-12-16(15)14-9-7-6-8-10-14/h6-10,15-16H,3-5,11-13H2,1-2H3,(H2,18,19,20). The molecule has 3 heteroatoms. The SMILES string of the molecule is CCCCNC(=NCC1CC1c1ccccc1)NCC. The first kappa shape index (κ1) is 14.9. The molecule has 2 atom stereocenters. The lowest BCUT2D eigenvalue weighted by atomic mass is 10.1. The first-order valence-corrected chi connectivity index (χ1v) is 7.92. The third-order valence-corrected chi connectivity index (χ3v) is 3.80. The zero-order valence-electron chi connectivity index (χ0n) is 12.7. The predicted molar refractivity (Wildman–Crippen MR) is 86.2 cm³/mol. The molecule has 0 saturated heterocycles. The number of hydrogen-bond donors (Lipinski definition) is 2. The zero-order chi connectivity index (χ0) is 14.2. The van der Waals surface area contributed by atoms with Crippen molar-refractivity contribution in [2.24, 2.45) is 10.9 Å². The maximum absolute atomic E-state index is 4.72. The lowest BCUT2D eigenvalue weighted by molar-refractivity contribution is 0.721. The summed E-state index contributed by atoms with van der Waals surface area (Å²) in [5.41, 5.74) is 1.47. The molecule has 1 aromatic carbocycles. The zero-order valence-corrected chi connectivity index (χ0v) is 12.7. The Morgan fingerprint density at radius 3 is 2.70 bits per heavy atom. The summed E-state index contributed by atoms with van der Waals surface area (Å²) in [6.45, 7) is 7.18. The molecule has 0 radical (unpaired) electrons. The van der Waals surface area contributed by atoms with E-state index in [1.54, 1.807) is 0 Å². The Morgan fingerprint density at radius 1 is 1.20 bits per heavy atom. The lowest BCUT2D eigenvalue weighted by Gasteiger charge is -2.10. The van der Waals surface area contributed by atoms with Crippen molar-refractivity contribution >= 4 is 5.96 Å². The number of aliphatic imine (C=N–C) groups is 1. The van der Waals surface area contributed by atoms with Gasteiger partial charge in [-0.1, -0.05) is 43.7 Å². The molecule has 1 aliphatic rings. The molecule has 2 unspecified atom stereocenters. The maximum Gasteiger partial charge on any atom is 0.191 e. The van der Waals surface area contributed by atoms with Crippen LogP contribution >= 0.6 is 0 Å². The number of unbranched alkanes of at least 4 members (excludes halogenated alkanes) is 1. The average molecular weight is 273 g/mol. The molecule has 2 rings (SSSR count). The lowest BCUT2D eigenvalue weighted by Crippen LogP contribution is -2.37. The van der Waals surface area contributed by atoms with Gasteiger partial charge in [0, 0.05) is 19.6 Å². The van der Waals surface area contributed by atoms with Crippen molar-refractivity contribution in [3.05, 3.63) is 35.9 Å². The molecule has 3 nitrogen and oxygen atoms in total. The molecule has 1 saturated carbocycles. The third-order valence-electron chi connectivity index (χ3n) is 3.80. The van der Waals surface area contributed by atoms with Crippen LogP contribution in [-0.4, -0.2) is 25.6 Å². The van der Waals surface area contributed by atoms with Crippen LogP contribution in [-0.2, 0) is 0 Å². The predicted octanol–water partition coefficient (Wildman–Crippen LogP) is 3.15. The summed E-state index contributed by atoms with van der Waals surface area (Å²) in [7, 11) is 0. The van der Waals surface area contributed by atoms with Crippen molar-refractivity contribution in [3.8, 4) is 0 Å². The van der Waals surface area contributed by atoms with Crippen LogP contribution in [0.4, 0.5) is 0 Å². The van der Waals surface area contributed by atoms with E-state index in [0.717, 1.165) is 37.4 Å². The fourth-order valence-corrected chi connectivity index (χ4v) is 2.49. The van der Waals surface area contributed by atoms with E-state index in [2.05, 4.69) is 54.8 Å². The van der Waals surface area contributed by atoms with E-state index in [0.29, 0.717) is 0 Å². The van der Waals surface area contributed by atoms with Crippen molar-refractivity contribution < 1.29 is 0 Å². The first-order valence-electron chi connectivity index (χ1n) is 7.92. The van der Waals surface area contributed by atoms with E-state index in [1.165, 1.54) is 24.8 Å². The van der Waals surface area contributed by atoms with E-state index in [4.69, 9.17) is 4.99 Å². The van der Waals surface area contributed by atoms with Crippen molar-refractivity contribution in [1.82, 2.24) is 10.6 Å². The maximum atomic E-state index is 4.72. The quantitative estimate of drug-likeness (QED) is 0.455. The minimum Gasteiger partial charge on any atom is -0.357 e. The molecule has 0 amide bonds. The summed E-state index contributed by atoms with van der Waals surface area (Å²) < 4.78 is 0. The molecule has 110 valence electrons. The Hall–Kier alpha value is -1.51. The van der Waals surface area contributed by atoms with Gasteiger partial charge in [-0.25, -0.2) is 0 Å². The number of rotatable bonds is 7. The molecule has 2 N–H and O–H groups in total. The monoisotopic (exact) mass is 273 g/mol. The molecule has 0 spiro atoms. The Morgan fingerprint density at radius 2 is 2.00 bits per heavy atom. The van der Waals surface area contributed by atoms with Gasteiger partial charge in [0.05, 0.1) is 0 Å². The second kappa shape index (κ2) is 7.93. The highest BCUT2D eigenvalue weighted by molar-refractivity contribution is 5.79. The van der Waals surface area contributed by atoms with Crippen LogP contribution in [0.1, 0.15) is 44.6 Å². The van der Waals surface area contributed by atoms with Gasteiger partial charge in [-0.3, -0.25) is 4.99 Å². The number of nitrogens with zero attached hydrogens (tertiary/aromatic N) is 1. The van der Waals surface area contributed by atoms with Crippen molar-refractivity contribution in [2.45, 2.75) is 39.0 Å². The molecule has 0 bridgehead atoms. The average Bonchev–Trinajstić information content (AvgIpc) is 3.25. The van der Waals surface area contributed by atoms with Gasteiger partial charge in [0.1, 0.15) is 0 Å². The third kappa shape index (κ3) is 4.55. The highest BCUT2D eigenvalue weighted by atomic mass is 15.2. The number of nitrogens with one attached hydrogen (secondary N) is 2. The van der Waals surface area contributed by atoms with Gasteiger partial charge in [-0.05, 0) is 37.2 Å². The van der Waals surface area contributed by atoms with Crippen molar-refractivity contribution in [3.63, 3.8) is 0 Å². The second-order valence-corrected chi connectivity index (χ2v) is 5.51. The molecule has 1 aromatic rings. The fourth-order valence-electron chi connectivity index (χ4n) is 2.49. The minimum absolute atomic E-state index is 0.721. The normalized spacial score (nSPS) is 21.6. The van der Waals surface area contributed by atoms with Gasteiger partial charge >= 0.3 is 0 Å². The Balaban J connectivity index is 1.79. The highest BCUT2D eigenvalue weighted by Crippen LogP contribution is 2.47. The largest absolute Gasteiger partial charge is 0.357 e. The molecular weight excluding hydrogens is 246 g/mol. The molecule has 1 aliphatic carbocycles. The summed E-state index contributed by atoms with van der Waals surface area (Å²) in [5, 5.41) is 6.72. The highest BCUT2D eigenvalue weighted by Gasteiger charge is 2.37. The summed E-state index contributed by atoms with van der Waals surface area (Å²) in [5.74, 6) is 2.41. The van der Waals surface area contributed by atoms with Crippen LogP contribution in [0.15, 0.2) is 35.3 Å². The van der Waals surface area contributed by atoms with E-state index in [-0.39, 0.29) is 0 Å². The Labute approximate surface area is 122 Å². The number of guanidine groups is 1. The summed E-state index contributed by atoms with van der Waals surface area (Å²) in [6, 6.07) is 10.8. The summed E-state index contributed by atoms with van der Waals surface area (Å²) in [4.78, 5) is 4.72. The molecule has 1 fully saturated rings. The Kier molecular flexibility index (Phi) is 5.90. The molecular formula is C17H27N3. The van der Waals surface area contributed by atoms with E-state index in [9.17, 15) is 0 Å². The van der Waals surface area contributed by atoms with Crippen molar-refractivity contribution in [2.75, 3.05) is 19.6 Å². The van der Waals surface area contributed by atoms with Gasteiger partial charge in [-0.2, -0.15) is 0 Å². The summed E-state index contributed by atoms with van der Waals surface area (Å²) >= 11 is 0. The topological polar surface area (TPSA) is 36.4 Å². The van der Waals surface area contributed by atoms with E-state index >= 15 is 0 Å². The smallest absolute Gasteiger partial charge is 0.191 e. The number of hydrogen-bond acceptors (Lipinski definition) is 1. The fraction of sp³-hybridized carbons (Fsp3) is 0.588. The second-order valence-electron chi connectivity index (χ2n) is 5.51. The van der Waals surface area contributed by atoms with Crippen LogP contribution in [0.25, 0.3) is 0 Å². The molecule has 0 aliphatic heterocycles. The molecule has 0 heterocycles. The van der Waals surface area contributed by atoms with E-state index < -0.39 is 0 Å². The van der Waals surface area contributed by atoms with Gasteiger partial charge in [-0.15, -0.1) is 0 Å². The summed E-state index contributed by atoms with van der Waals surface area (Å²) in [6.07, 6.45) is 3.69. The molecule has 0 aromatic heterocycles. The van der Waals surface area contributed by atoms with Gasteiger partial charge < -0.3 is 10.6 Å². The van der Waals surface area contributed by atoms with Crippen LogP contribution in [0.3, 0.4) is 0 Å². The van der Waals surface area contributed by atoms with Gasteiger partial charge in [0.2, 0.25) is 0 Å². The van der Waals surface area contributed by atoms with E-state index in [1.807, 2.05) is 0 Å². The molecule has 20 heavy (non-hydrogen) atoms. The number of benzene rings is 1. The Bertz CT molecular complexity index is 414. The van der Waals surface area contributed by atoms with Crippen LogP contribution in [0, 0.1) is 5.92 Å². The van der Waals surface area contributed by atoms with Gasteiger partial charge in [0.25, 0.3) is 0 Å². The first-order chi connectivity index (χ1) is 9.85. The van der Waals surface area contributed by atoms with Crippen molar-refractivity contribution in [1.29, 1.82) is 0 Å².